The van der Waals surface area contributed by atoms with Gasteiger partial charge in [0.15, 0.2) is 0 Å². The molecule has 2 heterocycles. The fourth-order valence-electron chi connectivity index (χ4n) is 2.15. The first-order valence-electron chi connectivity index (χ1n) is 5.93. The average Bonchev–Trinajstić information content (AvgIpc) is 2.97. The minimum absolute atomic E-state index is 0.00764. The zero-order valence-corrected chi connectivity index (χ0v) is 10.4. The molecule has 0 aromatic carbocycles. The molecule has 6 nitrogen and oxygen atoms in total. The van der Waals surface area contributed by atoms with E-state index < -0.39 is 5.97 Å². The zero-order valence-electron chi connectivity index (χ0n) is 10.4. The average molecular weight is 251 g/mol. The van der Waals surface area contributed by atoms with Crippen LogP contribution in [-0.4, -0.2) is 41.5 Å². The highest BCUT2D eigenvalue weighted by atomic mass is 16.5. The minimum atomic E-state index is -0.485. The number of rotatable bonds is 3. The molecule has 2 N–H and O–H groups in total. The number of ether oxygens (including phenoxy) is 1. The summed E-state index contributed by atoms with van der Waals surface area (Å²) in [4.78, 5) is 25.3. The molecule has 1 aliphatic rings. The zero-order chi connectivity index (χ0) is 13.1. The van der Waals surface area contributed by atoms with E-state index in [4.69, 9.17) is 5.73 Å². The van der Waals surface area contributed by atoms with Gasteiger partial charge in [-0.3, -0.25) is 4.79 Å². The van der Waals surface area contributed by atoms with Gasteiger partial charge in [-0.15, -0.1) is 0 Å². The van der Waals surface area contributed by atoms with Gasteiger partial charge in [0.1, 0.15) is 12.2 Å². The Kier molecular flexibility index (Phi) is 3.55. The molecule has 18 heavy (non-hydrogen) atoms. The van der Waals surface area contributed by atoms with E-state index >= 15 is 0 Å². The molecule has 0 spiro atoms. The molecule has 0 bridgehead atoms. The number of anilines is 1. The second-order valence-corrected chi connectivity index (χ2v) is 4.37. The smallest absolute Gasteiger partial charge is 0.354 e. The molecule has 2 rings (SSSR count). The van der Waals surface area contributed by atoms with E-state index in [9.17, 15) is 9.59 Å². The summed E-state index contributed by atoms with van der Waals surface area (Å²) < 4.78 is 6.20. The predicted octanol–water partition coefficient (Wildman–Crippen LogP) is 0.479. The number of esters is 1. The number of hydrogen-bond acceptors (Lipinski definition) is 4. The number of nitrogens with two attached hydrogens (primary N) is 1. The van der Waals surface area contributed by atoms with Crippen LogP contribution < -0.4 is 5.73 Å². The van der Waals surface area contributed by atoms with Crippen LogP contribution in [0, 0.1) is 0 Å². The molecule has 0 atom stereocenters. The van der Waals surface area contributed by atoms with Crippen LogP contribution in [0.2, 0.25) is 0 Å². The number of methoxy groups -OCH3 is 1. The van der Waals surface area contributed by atoms with Crippen LogP contribution in [0.3, 0.4) is 0 Å². The van der Waals surface area contributed by atoms with Crippen LogP contribution in [0.1, 0.15) is 23.3 Å². The Balaban J connectivity index is 2.12. The lowest BCUT2D eigenvalue weighted by Crippen LogP contribution is -2.31. The number of amides is 1. The summed E-state index contributed by atoms with van der Waals surface area (Å²) in [6.07, 6.45) is 3.67. The van der Waals surface area contributed by atoms with Crippen LogP contribution in [0.15, 0.2) is 12.3 Å². The number of aromatic nitrogens is 1. The van der Waals surface area contributed by atoms with E-state index in [1.54, 1.807) is 15.7 Å². The van der Waals surface area contributed by atoms with Crippen molar-refractivity contribution in [2.75, 3.05) is 25.9 Å². The maximum absolute atomic E-state index is 12.0. The van der Waals surface area contributed by atoms with Crippen LogP contribution in [0.4, 0.5) is 5.69 Å². The van der Waals surface area contributed by atoms with Gasteiger partial charge >= 0.3 is 5.97 Å². The van der Waals surface area contributed by atoms with Crippen molar-refractivity contribution in [3.05, 3.63) is 18.0 Å². The Bertz CT molecular complexity index is 461. The first-order chi connectivity index (χ1) is 8.61. The molecule has 6 heteroatoms. The lowest BCUT2D eigenvalue weighted by molar-refractivity contribution is -0.130. The summed E-state index contributed by atoms with van der Waals surface area (Å²) in [6.45, 7) is 1.72. The molecule has 0 radical (unpaired) electrons. The number of likely N-dealkylation sites (tertiary alicyclic amines) is 1. The quantitative estimate of drug-likeness (QED) is 0.793. The molecular formula is C12H17N3O3. The summed E-state index contributed by atoms with van der Waals surface area (Å²) in [7, 11) is 1.30. The third-order valence-corrected chi connectivity index (χ3v) is 3.08. The van der Waals surface area contributed by atoms with Crippen LogP contribution in [-0.2, 0) is 16.1 Å². The number of carbonyl (C=O) groups is 2. The Morgan fingerprint density at radius 3 is 2.67 bits per heavy atom. The molecule has 1 aromatic rings. The Hall–Kier alpha value is -1.98. The molecule has 1 aliphatic heterocycles. The second kappa shape index (κ2) is 5.12. The van der Waals surface area contributed by atoms with Crippen molar-refractivity contribution in [1.29, 1.82) is 0 Å². The number of hydrogen-bond donors (Lipinski definition) is 1. The maximum atomic E-state index is 12.0. The van der Waals surface area contributed by atoms with E-state index in [0.29, 0.717) is 11.4 Å². The first-order valence-corrected chi connectivity index (χ1v) is 5.93. The highest BCUT2D eigenvalue weighted by Crippen LogP contribution is 2.14. The van der Waals surface area contributed by atoms with Crippen molar-refractivity contribution in [3.63, 3.8) is 0 Å². The molecule has 1 saturated heterocycles. The van der Waals surface area contributed by atoms with E-state index in [-0.39, 0.29) is 12.5 Å². The van der Waals surface area contributed by atoms with Gasteiger partial charge in [-0.2, -0.15) is 0 Å². The molecule has 0 unspecified atom stereocenters. The topological polar surface area (TPSA) is 77.6 Å². The first kappa shape index (κ1) is 12.5. The highest BCUT2D eigenvalue weighted by molar-refractivity contribution is 5.89. The molecule has 1 aromatic heterocycles. The predicted molar refractivity (Wildman–Crippen MR) is 66.0 cm³/mol. The maximum Gasteiger partial charge on any atom is 0.354 e. The van der Waals surface area contributed by atoms with E-state index in [1.807, 2.05) is 0 Å². The van der Waals surface area contributed by atoms with Crippen molar-refractivity contribution < 1.29 is 14.3 Å². The summed E-state index contributed by atoms with van der Waals surface area (Å²) in [5, 5.41) is 0. The van der Waals surface area contributed by atoms with Gasteiger partial charge in [0, 0.05) is 19.3 Å². The van der Waals surface area contributed by atoms with Crippen molar-refractivity contribution in [2.24, 2.45) is 0 Å². The monoisotopic (exact) mass is 251 g/mol. The van der Waals surface area contributed by atoms with Gasteiger partial charge in [0.25, 0.3) is 0 Å². The second-order valence-electron chi connectivity index (χ2n) is 4.37. The largest absolute Gasteiger partial charge is 0.464 e. The number of nitrogen functional groups attached to an aromatic ring is 1. The fourth-order valence-corrected chi connectivity index (χ4v) is 2.15. The summed E-state index contributed by atoms with van der Waals surface area (Å²) in [5.74, 6) is -0.478. The highest BCUT2D eigenvalue weighted by Gasteiger charge is 2.21. The van der Waals surface area contributed by atoms with Gasteiger partial charge in [-0.1, -0.05) is 0 Å². The molecule has 98 valence electrons. The normalized spacial score (nSPS) is 14.8. The lowest BCUT2D eigenvalue weighted by atomic mass is 10.4. The van der Waals surface area contributed by atoms with Crippen molar-refractivity contribution in [2.45, 2.75) is 19.4 Å². The van der Waals surface area contributed by atoms with Gasteiger partial charge < -0.3 is 19.9 Å². The Morgan fingerprint density at radius 1 is 1.39 bits per heavy atom. The van der Waals surface area contributed by atoms with Gasteiger partial charge in [-0.25, -0.2) is 4.79 Å². The van der Waals surface area contributed by atoms with E-state index in [2.05, 4.69) is 4.74 Å². The summed E-state index contributed by atoms with van der Waals surface area (Å²) in [5.41, 5.74) is 6.40. The molecular weight excluding hydrogens is 234 g/mol. The Labute approximate surface area is 105 Å². The standard InChI is InChI=1S/C12H17N3O3/c1-18-12(17)10-6-9(13)7-15(10)8-11(16)14-4-2-3-5-14/h6-7H,2-5,8,13H2,1H3. The minimum Gasteiger partial charge on any atom is -0.464 e. The van der Waals surface area contributed by atoms with E-state index in [1.165, 1.54) is 13.2 Å². The third-order valence-electron chi connectivity index (χ3n) is 3.08. The van der Waals surface area contributed by atoms with E-state index in [0.717, 1.165) is 25.9 Å². The van der Waals surface area contributed by atoms with Gasteiger partial charge in [-0.05, 0) is 18.9 Å². The van der Waals surface area contributed by atoms with Crippen molar-refractivity contribution in [3.8, 4) is 0 Å². The summed E-state index contributed by atoms with van der Waals surface area (Å²) in [6, 6.07) is 1.52. The fraction of sp³-hybridized carbons (Fsp3) is 0.500. The van der Waals surface area contributed by atoms with Crippen LogP contribution in [0.25, 0.3) is 0 Å². The SMILES string of the molecule is COC(=O)c1cc(N)cn1CC(=O)N1CCCC1. The van der Waals surface area contributed by atoms with Crippen molar-refractivity contribution >= 4 is 17.6 Å². The number of carbonyl (C=O) groups excluding carboxylic acids is 2. The molecule has 0 saturated carbocycles. The number of nitrogens with zero attached hydrogens (tertiary/aromatic N) is 2. The Morgan fingerprint density at radius 2 is 2.06 bits per heavy atom. The van der Waals surface area contributed by atoms with Crippen LogP contribution >= 0.6 is 0 Å². The third kappa shape index (κ3) is 2.47. The molecule has 0 aliphatic carbocycles. The summed E-state index contributed by atoms with van der Waals surface area (Å²) >= 11 is 0. The van der Waals surface area contributed by atoms with Crippen LogP contribution in [0.5, 0.6) is 0 Å². The van der Waals surface area contributed by atoms with Gasteiger partial charge in [0.2, 0.25) is 5.91 Å². The van der Waals surface area contributed by atoms with Crippen molar-refractivity contribution in [1.82, 2.24) is 9.47 Å². The van der Waals surface area contributed by atoms with Gasteiger partial charge in [0.05, 0.1) is 12.8 Å². The molecule has 1 fully saturated rings. The molecule has 1 amide bonds. The lowest BCUT2D eigenvalue weighted by Gasteiger charge is -2.16.